The van der Waals surface area contributed by atoms with E-state index in [4.69, 9.17) is 5.73 Å². The number of aromatic nitrogens is 2. The van der Waals surface area contributed by atoms with Gasteiger partial charge in [0.25, 0.3) is 0 Å². The van der Waals surface area contributed by atoms with Crippen LogP contribution < -0.4 is 11.1 Å². The standard InChI is InChI=1S/C8H11FN4O/c9-6-4-12-8(13-5-6)11-3-1-2-7(10)14/h4-5H,1-3H2,(H2,10,14)(H,11,12,13). The van der Waals surface area contributed by atoms with Crippen molar-refractivity contribution in [3.63, 3.8) is 0 Å². The molecule has 1 aromatic heterocycles. The molecule has 0 spiro atoms. The maximum absolute atomic E-state index is 12.4. The molecule has 0 aliphatic heterocycles. The molecule has 1 amide bonds. The number of rotatable bonds is 5. The molecule has 1 heterocycles. The summed E-state index contributed by atoms with van der Waals surface area (Å²) in [4.78, 5) is 17.7. The summed E-state index contributed by atoms with van der Waals surface area (Å²) >= 11 is 0. The van der Waals surface area contributed by atoms with Crippen LogP contribution in [0.4, 0.5) is 10.3 Å². The normalized spacial score (nSPS) is 9.79. The van der Waals surface area contributed by atoms with Crippen LogP contribution in [0.3, 0.4) is 0 Å². The van der Waals surface area contributed by atoms with Crippen molar-refractivity contribution in [1.29, 1.82) is 0 Å². The summed E-state index contributed by atoms with van der Waals surface area (Å²) in [5.41, 5.74) is 4.94. The third kappa shape index (κ3) is 3.79. The molecule has 0 aliphatic carbocycles. The smallest absolute Gasteiger partial charge is 0.222 e. The van der Waals surface area contributed by atoms with Crippen LogP contribution in [0.2, 0.25) is 0 Å². The number of nitrogens with one attached hydrogen (secondary N) is 1. The Kier molecular flexibility index (Phi) is 3.78. The van der Waals surface area contributed by atoms with Crippen LogP contribution in [-0.2, 0) is 4.79 Å². The lowest BCUT2D eigenvalue weighted by Crippen LogP contribution is -2.13. The molecule has 0 saturated heterocycles. The van der Waals surface area contributed by atoms with Gasteiger partial charge < -0.3 is 11.1 Å². The van der Waals surface area contributed by atoms with Gasteiger partial charge in [-0.05, 0) is 6.42 Å². The maximum Gasteiger partial charge on any atom is 0.222 e. The van der Waals surface area contributed by atoms with Gasteiger partial charge in [0.2, 0.25) is 11.9 Å². The molecule has 6 heteroatoms. The second-order valence-corrected chi connectivity index (χ2v) is 2.72. The molecular formula is C8H11FN4O. The van der Waals surface area contributed by atoms with E-state index in [0.717, 1.165) is 12.4 Å². The van der Waals surface area contributed by atoms with E-state index in [1.54, 1.807) is 0 Å². The van der Waals surface area contributed by atoms with Gasteiger partial charge in [0, 0.05) is 13.0 Å². The summed E-state index contributed by atoms with van der Waals surface area (Å²) in [5, 5.41) is 2.83. The van der Waals surface area contributed by atoms with Crippen LogP contribution in [0.25, 0.3) is 0 Å². The van der Waals surface area contributed by atoms with Crippen LogP contribution in [0.1, 0.15) is 12.8 Å². The van der Waals surface area contributed by atoms with Gasteiger partial charge in [-0.25, -0.2) is 14.4 Å². The van der Waals surface area contributed by atoms with E-state index in [2.05, 4.69) is 15.3 Å². The number of halogens is 1. The minimum Gasteiger partial charge on any atom is -0.370 e. The van der Waals surface area contributed by atoms with Crippen LogP contribution in [0, 0.1) is 5.82 Å². The zero-order valence-corrected chi connectivity index (χ0v) is 7.53. The fraction of sp³-hybridized carbons (Fsp3) is 0.375. The van der Waals surface area contributed by atoms with Crippen molar-refractivity contribution in [2.45, 2.75) is 12.8 Å². The average molecular weight is 198 g/mol. The van der Waals surface area contributed by atoms with Gasteiger partial charge in [-0.15, -0.1) is 0 Å². The number of carbonyl (C=O) groups excluding carboxylic acids is 1. The minimum absolute atomic E-state index is 0.314. The Morgan fingerprint density at radius 2 is 2.14 bits per heavy atom. The number of nitrogens with two attached hydrogens (primary N) is 1. The number of amides is 1. The van der Waals surface area contributed by atoms with E-state index in [1.807, 2.05) is 0 Å². The topological polar surface area (TPSA) is 80.9 Å². The summed E-state index contributed by atoms with van der Waals surface area (Å²) in [6.45, 7) is 0.536. The molecule has 1 aromatic rings. The molecule has 0 saturated carbocycles. The largest absolute Gasteiger partial charge is 0.370 e. The molecule has 76 valence electrons. The lowest BCUT2D eigenvalue weighted by molar-refractivity contribution is -0.118. The predicted molar refractivity (Wildman–Crippen MR) is 48.9 cm³/mol. The Bertz CT molecular complexity index is 301. The van der Waals surface area contributed by atoms with Gasteiger partial charge in [-0.1, -0.05) is 0 Å². The van der Waals surface area contributed by atoms with E-state index in [0.29, 0.717) is 25.3 Å². The van der Waals surface area contributed by atoms with E-state index in [1.165, 1.54) is 0 Å². The first kappa shape index (κ1) is 10.4. The number of anilines is 1. The van der Waals surface area contributed by atoms with E-state index < -0.39 is 5.82 Å². The highest BCUT2D eigenvalue weighted by atomic mass is 19.1. The molecule has 0 radical (unpaired) electrons. The molecule has 0 unspecified atom stereocenters. The molecule has 0 bridgehead atoms. The van der Waals surface area contributed by atoms with Crippen molar-refractivity contribution in [3.05, 3.63) is 18.2 Å². The number of nitrogens with zero attached hydrogens (tertiary/aromatic N) is 2. The van der Waals surface area contributed by atoms with Crippen LogP contribution in [-0.4, -0.2) is 22.4 Å². The van der Waals surface area contributed by atoms with E-state index in [9.17, 15) is 9.18 Å². The zero-order chi connectivity index (χ0) is 10.4. The van der Waals surface area contributed by atoms with Crippen LogP contribution in [0.15, 0.2) is 12.4 Å². The summed E-state index contributed by atoms with van der Waals surface area (Å²) in [7, 11) is 0. The Labute approximate surface area is 80.5 Å². The zero-order valence-electron chi connectivity index (χ0n) is 7.53. The SMILES string of the molecule is NC(=O)CCCNc1ncc(F)cn1. The van der Waals surface area contributed by atoms with Crippen molar-refractivity contribution < 1.29 is 9.18 Å². The van der Waals surface area contributed by atoms with Gasteiger partial charge in [0.05, 0.1) is 12.4 Å². The summed E-state index contributed by atoms with van der Waals surface area (Å²) in [6, 6.07) is 0. The quantitative estimate of drug-likeness (QED) is 0.666. The first-order valence-corrected chi connectivity index (χ1v) is 4.18. The number of primary amides is 1. The monoisotopic (exact) mass is 198 g/mol. The van der Waals surface area contributed by atoms with Gasteiger partial charge in [0.1, 0.15) is 0 Å². The Balaban J connectivity index is 2.25. The first-order valence-electron chi connectivity index (χ1n) is 4.18. The fourth-order valence-corrected chi connectivity index (χ4v) is 0.866. The molecule has 0 aliphatic rings. The molecular weight excluding hydrogens is 187 g/mol. The second kappa shape index (κ2) is 5.11. The van der Waals surface area contributed by atoms with Crippen molar-refractivity contribution >= 4 is 11.9 Å². The summed E-state index contributed by atoms with van der Waals surface area (Å²) < 4.78 is 12.4. The average Bonchev–Trinajstić information content (AvgIpc) is 2.15. The fourth-order valence-electron chi connectivity index (χ4n) is 0.866. The molecule has 0 fully saturated rings. The van der Waals surface area contributed by atoms with Crippen molar-refractivity contribution in [2.24, 2.45) is 5.73 Å². The predicted octanol–water partition coefficient (Wildman–Crippen LogP) is 0.293. The lowest BCUT2D eigenvalue weighted by atomic mass is 10.3. The highest BCUT2D eigenvalue weighted by molar-refractivity contribution is 5.73. The third-order valence-electron chi connectivity index (χ3n) is 1.50. The first-order chi connectivity index (χ1) is 6.68. The van der Waals surface area contributed by atoms with Gasteiger partial charge in [-0.2, -0.15) is 0 Å². The van der Waals surface area contributed by atoms with Gasteiger partial charge in [0.15, 0.2) is 5.82 Å². The number of carbonyl (C=O) groups is 1. The summed E-state index contributed by atoms with van der Waals surface area (Å²) in [6.07, 6.45) is 3.07. The Hall–Kier alpha value is -1.72. The number of hydrogen-bond acceptors (Lipinski definition) is 4. The minimum atomic E-state index is -0.479. The van der Waals surface area contributed by atoms with Crippen molar-refractivity contribution in [3.8, 4) is 0 Å². The van der Waals surface area contributed by atoms with Crippen molar-refractivity contribution in [1.82, 2.24) is 9.97 Å². The summed E-state index contributed by atoms with van der Waals surface area (Å²) in [5.74, 6) is -0.476. The lowest BCUT2D eigenvalue weighted by Gasteiger charge is -2.02. The Morgan fingerprint density at radius 1 is 1.50 bits per heavy atom. The van der Waals surface area contributed by atoms with E-state index >= 15 is 0 Å². The molecule has 0 atom stereocenters. The van der Waals surface area contributed by atoms with Crippen LogP contribution >= 0.6 is 0 Å². The molecule has 3 N–H and O–H groups in total. The second-order valence-electron chi connectivity index (χ2n) is 2.72. The Morgan fingerprint density at radius 3 is 2.71 bits per heavy atom. The molecule has 1 rings (SSSR count). The number of hydrogen-bond donors (Lipinski definition) is 2. The van der Waals surface area contributed by atoms with Gasteiger partial charge in [-0.3, -0.25) is 4.79 Å². The van der Waals surface area contributed by atoms with E-state index in [-0.39, 0.29) is 5.91 Å². The molecule has 14 heavy (non-hydrogen) atoms. The van der Waals surface area contributed by atoms with Gasteiger partial charge >= 0.3 is 0 Å². The maximum atomic E-state index is 12.4. The van der Waals surface area contributed by atoms with Crippen LogP contribution in [0.5, 0.6) is 0 Å². The third-order valence-corrected chi connectivity index (χ3v) is 1.50. The highest BCUT2D eigenvalue weighted by Crippen LogP contribution is 1.98. The van der Waals surface area contributed by atoms with Crippen molar-refractivity contribution in [2.75, 3.05) is 11.9 Å². The molecule has 5 nitrogen and oxygen atoms in total. The highest BCUT2D eigenvalue weighted by Gasteiger charge is 1.97. The molecule has 0 aromatic carbocycles.